The number of carboxylic acid groups (broad SMARTS) is 1. The van der Waals surface area contributed by atoms with Crippen LogP contribution in [0, 0.1) is 18.3 Å². The molecule has 0 aliphatic carbocycles. The van der Waals surface area contributed by atoms with Crippen molar-refractivity contribution < 1.29 is 14.3 Å². The highest BCUT2D eigenvalue weighted by atomic mass is 16.4. The van der Waals surface area contributed by atoms with Crippen LogP contribution < -0.4 is 5.32 Å². The first-order valence-electron chi connectivity index (χ1n) is 6.25. The minimum atomic E-state index is -0.939. The minimum absolute atomic E-state index is 0.246. The Morgan fingerprint density at radius 3 is 2.56 bits per heavy atom. The van der Waals surface area contributed by atoms with Crippen LogP contribution in [0.15, 0.2) is 10.5 Å². The van der Waals surface area contributed by atoms with Crippen LogP contribution in [-0.2, 0) is 6.54 Å². The topological polar surface area (TPSA) is 62.5 Å². The molecular formula is C14H23NO3. The van der Waals surface area contributed by atoms with Gasteiger partial charge in [0.1, 0.15) is 17.1 Å². The zero-order valence-electron chi connectivity index (χ0n) is 11.8. The van der Waals surface area contributed by atoms with Crippen LogP contribution >= 0.6 is 0 Å². The van der Waals surface area contributed by atoms with Crippen molar-refractivity contribution in [1.82, 2.24) is 5.32 Å². The van der Waals surface area contributed by atoms with Gasteiger partial charge in [0.2, 0.25) is 0 Å². The summed E-state index contributed by atoms with van der Waals surface area (Å²) < 4.78 is 5.40. The molecule has 1 heterocycles. The Morgan fingerprint density at radius 2 is 2.11 bits per heavy atom. The Labute approximate surface area is 108 Å². The molecule has 0 saturated heterocycles. The van der Waals surface area contributed by atoms with Gasteiger partial charge in [-0.3, -0.25) is 0 Å². The fourth-order valence-corrected chi connectivity index (χ4v) is 1.56. The first-order chi connectivity index (χ1) is 8.21. The molecule has 0 spiro atoms. The summed E-state index contributed by atoms with van der Waals surface area (Å²) in [5, 5.41) is 12.2. The van der Waals surface area contributed by atoms with Crippen molar-refractivity contribution in [2.75, 3.05) is 6.54 Å². The fourth-order valence-electron chi connectivity index (χ4n) is 1.56. The van der Waals surface area contributed by atoms with Crippen LogP contribution in [-0.4, -0.2) is 17.6 Å². The molecule has 1 aromatic heterocycles. The van der Waals surface area contributed by atoms with E-state index in [1.54, 1.807) is 13.0 Å². The minimum Gasteiger partial charge on any atom is -0.478 e. The van der Waals surface area contributed by atoms with Gasteiger partial charge >= 0.3 is 5.97 Å². The Bertz CT molecular complexity index is 415. The van der Waals surface area contributed by atoms with Gasteiger partial charge in [0.25, 0.3) is 0 Å². The van der Waals surface area contributed by atoms with E-state index < -0.39 is 5.97 Å². The average Bonchev–Trinajstić information content (AvgIpc) is 2.58. The number of aromatic carboxylic acids is 1. The maximum Gasteiger partial charge on any atom is 0.339 e. The highest BCUT2D eigenvalue weighted by molar-refractivity contribution is 5.88. The van der Waals surface area contributed by atoms with Crippen molar-refractivity contribution in [3.05, 3.63) is 23.2 Å². The van der Waals surface area contributed by atoms with Gasteiger partial charge in [0.05, 0.1) is 6.54 Å². The number of rotatable bonds is 5. The van der Waals surface area contributed by atoms with Gasteiger partial charge in [-0.2, -0.15) is 0 Å². The summed E-state index contributed by atoms with van der Waals surface area (Å²) >= 11 is 0. The van der Waals surface area contributed by atoms with E-state index in [0.29, 0.717) is 24.0 Å². The molecule has 1 unspecified atom stereocenters. The maximum absolute atomic E-state index is 10.9. The molecule has 0 aliphatic heterocycles. The highest BCUT2D eigenvalue weighted by Crippen LogP contribution is 2.24. The van der Waals surface area contributed by atoms with Gasteiger partial charge in [-0.15, -0.1) is 0 Å². The molecule has 0 fully saturated rings. The first kappa shape index (κ1) is 14.8. The van der Waals surface area contributed by atoms with Crippen LogP contribution in [0.2, 0.25) is 0 Å². The predicted octanol–water partition coefficient (Wildman–Crippen LogP) is 3.06. The van der Waals surface area contributed by atoms with Crippen LogP contribution in [0.4, 0.5) is 0 Å². The van der Waals surface area contributed by atoms with Crippen molar-refractivity contribution in [1.29, 1.82) is 0 Å². The molecule has 1 rings (SSSR count). The van der Waals surface area contributed by atoms with E-state index in [4.69, 9.17) is 9.52 Å². The molecule has 0 aromatic carbocycles. The third kappa shape index (κ3) is 3.88. The normalized spacial score (nSPS) is 13.6. The molecular weight excluding hydrogens is 230 g/mol. The Balaban J connectivity index is 2.50. The van der Waals surface area contributed by atoms with Crippen LogP contribution in [0.3, 0.4) is 0 Å². The number of furan rings is 1. The molecule has 4 heteroatoms. The summed E-state index contributed by atoms with van der Waals surface area (Å²) in [6.45, 7) is 11.9. The fraction of sp³-hybridized carbons (Fsp3) is 0.643. The second-order valence-electron chi connectivity index (χ2n) is 5.89. The van der Waals surface area contributed by atoms with Crippen molar-refractivity contribution in [3.8, 4) is 0 Å². The van der Waals surface area contributed by atoms with E-state index in [-0.39, 0.29) is 11.0 Å². The summed E-state index contributed by atoms with van der Waals surface area (Å²) in [6.07, 6.45) is 0. The highest BCUT2D eigenvalue weighted by Gasteiger charge is 2.19. The Hall–Kier alpha value is -1.29. The smallest absolute Gasteiger partial charge is 0.339 e. The van der Waals surface area contributed by atoms with Gasteiger partial charge in [-0.1, -0.05) is 27.7 Å². The Morgan fingerprint density at radius 1 is 1.50 bits per heavy atom. The molecule has 0 saturated carbocycles. The summed E-state index contributed by atoms with van der Waals surface area (Å²) in [5.74, 6) is 0.729. The summed E-state index contributed by atoms with van der Waals surface area (Å²) in [4.78, 5) is 10.9. The van der Waals surface area contributed by atoms with E-state index in [1.807, 2.05) is 0 Å². The molecule has 4 nitrogen and oxygen atoms in total. The lowest BCUT2D eigenvalue weighted by atomic mass is 9.82. The molecule has 1 atom stereocenters. The van der Waals surface area contributed by atoms with Crippen LogP contribution in [0.25, 0.3) is 0 Å². The molecule has 0 radical (unpaired) electrons. The van der Waals surface area contributed by atoms with Gasteiger partial charge in [-0.25, -0.2) is 4.79 Å². The van der Waals surface area contributed by atoms with E-state index in [2.05, 4.69) is 33.0 Å². The molecule has 0 bridgehead atoms. The van der Waals surface area contributed by atoms with Gasteiger partial charge < -0.3 is 14.8 Å². The van der Waals surface area contributed by atoms with Crippen molar-refractivity contribution in [2.24, 2.45) is 11.3 Å². The van der Waals surface area contributed by atoms with Crippen molar-refractivity contribution in [3.63, 3.8) is 0 Å². The first-order valence-corrected chi connectivity index (χ1v) is 6.25. The van der Waals surface area contributed by atoms with E-state index in [9.17, 15) is 4.79 Å². The van der Waals surface area contributed by atoms with Crippen molar-refractivity contribution in [2.45, 2.75) is 41.2 Å². The molecule has 102 valence electrons. The third-order valence-electron chi connectivity index (χ3n) is 3.43. The van der Waals surface area contributed by atoms with E-state index in [1.165, 1.54) is 0 Å². The molecule has 2 N–H and O–H groups in total. The SMILES string of the molecule is Cc1oc(CNCC(C)C(C)(C)C)cc1C(=O)O. The zero-order chi connectivity index (χ0) is 13.9. The van der Waals surface area contributed by atoms with Gasteiger partial charge in [0.15, 0.2) is 0 Å². The number of hydrogen-bond donors (Lipinski definition) is 2. The van der Waals surface area contributed by atoms with Crippen LogP contribution in [0.1, 0.15) is 49.6 Å². The number of aryl methyl sites for hydroxylation is 1. The number of carboxylic acids is 1. The number of nitrogens with one attached hydrogen (secondary N) is 1. The van der Waals surface area contributed by atoms with Gasteiger partial charge in [-0.05, 0) is 30.9 Å². The maximum atomic E-state index is 10.9. The second-order valence-corrected chi connectivity index (χ2v) is 5.89. The molecule has 0 aliphatic rings. The largest absolute Gasteiger partial charge is 0.478 e. The molecule has 18 heavy (non-hydrogen) atoms. The standard InChI is InChI=1S/C14H23NO3/c1-9(14(3,4)5)7-15-8-11-6-12(13(16)17)10(2)18-11/h6,9,15H,7-8H2,1-5H3,(H,16,17). The van der Waals surface area contributed by atoms with E-state index in [0.717, 1.165) is 6.54 Å². The summed E-state index contributed by atoms with van der Waals surface area (Å²) in [5.41, 5.74) is 0.508. The second kappa shape index (κ2) is 5.57. The quantitative estimate of drug-likeness (QED) is 0.846. The lowest BCUT2D eigenvalue weighted by Crippen LogP contribution is -2.29. The van der Waals surface area contributed by atoms with E-state index >= 15 is 0 Å². The van der Waals surface area contributed by atoms with Gasteiger partial charge in [0, 0.05) is 0 Å². The lowest BCUT2D eigenvalue weighted by Gasteiger charge is -2.27. The third-order valence-corrected chi connectivity index (χ3v) is 3.43. The molecule has 1 aromatic rings. The lowest BCUT2D eigenvalue weighted by molar-refractivity contribution is 0.0695. The average molecular weight is 253 g/mol. The summed E-state index contributed by atoms with van der Waals surface area (Å²) in [7, 11) is 0. The zero-order valence-corrected chi connectivity index (χ0v) is 11.8. The predicted molar refractivity (Wildman–Crippen MR) is 70.7 cm³/mol. The molecule has 0 amide bonds. The summed E-state index contributed by atoms with van der Waals surface area (Å²) in [6, 6.07) is 1.59. The van der Waals surface area contributed by atoms with Crippen LogP contribution in [0.5, 0.6) is 0 Å². The Kier molecular flexibility index (Phi) is 4.57. The van der Waals surface area contributed by atoms with Crippen molar-refractivity contribution >= 4 is 5.97 Å². The number of carbonyl (C=O) groups is 1. The number of hydrogen-bond acceptors (Lipinski definition) is 3. The monoisotopic (exact) mass is 253 g/mol.